The second kappa shape index (κ2) is 7.88. The maximum absolute atomic E-state index is 5.79. The summed E-state index contributed by atoms with van der Waals surface area (Å²) in [6.07, 6.45) is 4.29. The van der Waals surface area contributed by atoms with Crippen LogP contribution in [-0.4, -0.2) is 29.6 Å². The summed E-state index contributed by atoms with van der Waals surface area (Å²) in [6, 6.07) is 20.0. The first-order chi connectivity index (χ1) is 14.3. The van der Waals surface area contributed by atoms with Crippen molar-refractivity contribution in [1.29, 1.82) is 0 Å². The third-order valence-corrected chi connectivity index (χ3v) is 5.88. The molecule has 3 aromatic rings. The van der Waals surface area contributed by atoms with Crippen LogP contribution in [0, 0.1) is 6.92 Å². The van der Waals surface area contributed by atoms with Crippen molar-refractivity contribution in [3.8, 4) is 22.6 Å². The van der Waals surface area contributed by atoms with Gasteiger partial charge in [-0.3, -0.25) is 9.88 Å². The SMILES string of the molecule is Cc1cc(-c2ccc(CN3CCC[C@@H]3c3ccc4c(c3)OCCO4)cc2)ccn1. The monoisotopic (exact) mass is 386 g/mol. The highest BCUT2D eigenvalue weighted by molar-refractivity contribution is 5.63. The zero-order valence-electron chi connectivity index (χ0n) is 16.8. The number of pyridine rings is 1. The summed E-state index contributed by atoms with van der Waals surface area (Å²) < 4.78 is 11.5. The Morgan fingerprint density at radius 1 is 0.931 bits per heavy atom. The van der Waals surface area contributed by atoms with Crippen LogP contribution in [0.4, 0.5) is 0 Å². The number of benzene rings is 2. The van der Waals surface area contributed by atoms with Gasteiger partial charge in [0.25, 0.3) is 0 Å². The van der Waals surface area contributed by atoms with E-state index in [1.165, 1.54) is 35.1 Å². The Hall–Kier alpha value is -2.85. The average Bonchev–Trinajstić information content (AvgIpc) is 3.22. The van der Waals surface area contributed by atoms with Crippen molar-refractivity contribution in [1.82, 2.24) is 9.88 Å². The van der Waals surface area contributed by atoms with Crippen LogP contribution in [0.25, 0.3) is 11.1 Å². The maximum atomic E-state index is 5.79. The highest BCUT2D eigenvalue weighted by Crippen LogP contribution is 2.38. The predicted octanol–water partition coefficient (Wildman–Crippen LogP) is 5.17. The van der Waals surface area contributed by atoms with Gasteiger partial charge >= 0.3 is 0 Å². The van der Waals surface area contributed by atoms with Crippen molar-refractivity contribution in [2.75, 3.05) is 19.8 Å². The summed E-state index contributed by atoms with van der Waals surface area (Å²) in [4.78, 5) is 6.87. The number of aryl methyl sites for hydroxylation is 1. The normalized spacial score (nSPS) is 18.7. The van der Waals surface area contributed by atoms with Gasteiger partial charge in [0.15, 0.2) is 11.5 Å². The predicted molar refractivity (Wildman–Crippen MR) is 114 cm³/mol. The number of ether oxygens (including phenoxy) is 2. The van der Waals surface area contributed by atoms with E-state index in [0.717, 1.165) is 30.3 Å². The van der Waals surface area contributed by atoms with E-state index in [9.17, 15) is 0 Å². The minimum atomic E-state index is 0.438. The molecule has 0 amide bonds. The van der Waals surface area contributed by atoms with Crippen LogP contribution in [0.5, 0.6) is 11.5 Å². The lowest BCUT2D eigenvalue weighted by Crippen LogP contribution is -2.23. The van der Waals surface area contributed by atoms with Gasteiger partial charge in [0.2, 0.25) is 0 Å². The quantitative estimate of drug-likeness (QED) is 0.620. The lowest BCUT2D eigenvalue weighted by molar-refractivity contribution is 0.170. The number of hydrogen-bond acceptors (Lipinski definition) is 4. The maximum Gasteiger partial charge on any atom is 0.161 e. The molecule has 5 rings (SSSR count). The molecular weight excluding hydrogens is 360 g/mol. The van der Waals surface area contributed by atoms with E-state index in [1.54, 1.807) is 0 Å². The van der Waals surface area contributed by atoms with Gasteiger partial charge in [-0.15, -0.1) is 0 Å². The molecule has 29 heavy (non-hydrogen) atoms. The topological polar surface area (TPSA) is 34.6 Å². The molecule has 1 aromatic heterocycles. The smallest absolute Gasteiger partial charge is 0.161 e. The lowest BCUT2D eigenvalue weighted by atomic mass is 10.0. The number of rotatable bonds is 4. The summed E-state index contributed by atoms with van der Waals surface area (Å²) in [5, 5.41) is 0. The first kappa shape index (κ1) is 18.2. The third kappa shape index (κ3) is 3.85. The first-order valence-corrected chi connectivity index (χ1v) is 10.4. The second-order valence-corrected chi connectivity index (χ2v) is 7.91. The molecule has 2 aliphatic heterocycles. The Morgan fingerprint density at radius 3 is 2.59 bits per heavy atom. The highest BCUT2D eigenvalue weighted by atomic mass is 16.6. The van der Waals surface area contributed by atoms with Gasteiger partial charge in [-0.2, -0.15) is 0 Å². The van der Waals surface area contributed by atoms with E-state index < -0.39 is 0 Å². The molecule has 1 atom stereocenters. The molecule has 0 radical (unpaired) electrons. The van der Waals surface area contributed by atoms with Crippen LogP contribution >= 0.6 is 0 Å². The van der Waals surface area contributed by atoms with Crippen molar-refractivity contribution in [3.05, 3.63) is 77.6 Å². The number of hydrogen-bond donors (Lipinski definition) is 0. The molecule has 4 heteroatoms. The zero-order valence-corrected chi connectivity index (χ0v) is 16.8. The summed E-state index contributed by atoms with van der Waals surface area (Å²) in [5.74, 6) is 1.75. The molecule has 0 saturated carbocycles. The molecule has 3 heterocycles. The summed E-state index contributed by atoms with van der Waals surface area (Å²) in [5.41, 5.74) is 6.19. The molecule has 2 aliphatic rings. The largest absolute Gasteiger partial charge is 0.486 e. The lowest BCUT2D eigenvalue weighted by Gasteiger charge is -2.26. The van der Waals surface area contributed by atoms with Crippen molar-refractivity contribution in [2.45, 2.75) is 32.4 Å². The molecule has 4 nitrogen and oxygen atoms in total. The fourth-order valence-corrected chi connectivity index (χ4v) is 4.42. The Morgan fingerprint density at radius 2 is 1.76 bits per heavy atom. The summed E-state index contributed by atoms with van der Waals surface area (Å²) in [6.45, 7) is 5.40. The summed E-state index contributed by atoms with van der Waals surface area (Å²) in [7, 11) is 0. The molecule has 1 saturated heterocycles. The average molecular weight is 386 g/mol. The van der Waals surface area contributed by atoms with Gasteiger partial charge in [-0.1, -0.05) is 30.3 Å². The van der Waals surface area contributed by atoms with Gasteiger partial charge in [0.1, 0.15) is 13.2 Å². The van der Waals surface area contributed by atoms with E-state index in [-0.39, 0.29) is 0 Å². The second-order valence-electron chi connectivity index (χ2n) is 7.91. The number of likely N-dealkylation sites (tertiary alicyclic amines) is 1. The van der Waals surface area contributed by atoms with Gasteiger partial charge in [0, 0.05) is 24.5 Å². The van der Waals surface area contributed by atoms with Crippen LogP contribution in [0.1, 0.15) is 35.7 Å². The Bertz CT molecular complexity index is 1000. The van der Waals surface area contributed by atoms with Crippen LogP contribution < -0.4 is 9.47 Å². The van der Waals surface area contributed by atoms with E-state index in [2.05, 4.69) is 64.5 Å². The standard InChI is InChI=1S/C25H26N2O2/c1-18-15-21(10-11-26-18)20-6-4-19(5-7-20)17-27-12-2-3-23(27)22-8-9-24-25(16-22)29-14-13-28-24/h4-11,15-16,23H,2-3,12-14,17H2,1H3/t23-/m1/s1. The number of nitrogens with zero attached hydrogens (tertiary/aromatic N) is 2. The Balaban J connectivity index is 1.32. The van der Waals surface area contributed by atoms with Crippen LogP contribution in [0.2, 0.25) is 0 Å². The molecule has 0 unspecified atom stereocenters. The highest BCUT2D eigenvalue weighted by Gasteiger charge is 2.27. The van der Waals surface area contributed by atoms with Crippen molar-refractivity contribution >= 4 is 0 Å². The molecule has 2 aromatic carbocycles. The van der Waals surface area contributed by atoms with E-state index in [0.29, 0.717) is 19.3 Å². The van der Waals surface area contributed by atoms with Gasteiger partial charge in [0.05, 0.1) is 0 Å². The third-order valence-electron chi connectivity index (χ3n) is 5.88. The van der Waals surface area contributed by atoms with E-state index in [1.807, 2.05) is 13.1 Å². The Labute approximate surface area is 172 Å². The minimum absolute atomic E-state index is 0.438. The van der Waals surface area contributed by atoms with Gasteiger partial charge in [-0.25, -0.2) is 0 Å². The molecule has 1 fully saturated rings. The van der Waals surface area contributed by atoms with E-state index >= 15 is 0 Å². The van der Waals surface area contributed by atoms with Crippen LogP contribution in [-0.2, 0) is 6.54 Å². The zero-order chi connectivity index (χ0) is 19.6. The number of fused-ring (bicyclic) bond motifs is 1. The fourth-order valence-electron chi connectivity index (χ4n) is 4.42. The first-order valence-electron chi connectivity index (χ1n) is 10.4. The van der Waals surface area contributed by atoms with Crippen molar-refractivity contribution in [2.24, 2.45) is 0 Å². The van der Waals surface area contributed by atoms with Gasteiger partial charge in [-0.05, 0) is 72.8 Å². The molecule has 0 spiro atoms. The molecule has 0 N–H and O–H groups in total. The Kier molecular flexibility index (Phi) is 4.94. The fraction of sp³-hybridized carbons (Fsp3) is 0.320. The van der Waals surface area contributed by atoms with E-state index in [4.69, 9.17) is 9.47 Å². The summed E-state index contributed by atoms with van der Waals surface area (Å²) >= 11 is 0. The van der Waals surface area contributed by atoms with Crippen LogP contribution in [0.15, 0.2) is 60.8 Å². The molecular formula is C25H26N2O2. The number of aromatic nitrogens is 1. The molecule has 0 aliphatic carbocycles. The van der Waals surface area contributed by atoms with Crippen molar-refractivity contribution < 1.29 is 9.47 Å². The minimum Gasteiger partial charge on any atom is -0.486 e. The van der Waals surface area contributed by atoms with Crippen LogP contribution in [0.3, 0.4) is 0 Å². The molecule has 0 bridgehead atoms. The molecule has 148 valence electrons. The van der Waals surface area contributed by atoms with Gasteiger partial charge < -0.3 is 9.47 Å². The van der Waals surface area contributed by atoms with Crippen molar-refractivity contribution in [3.63, 3.8) is 0 Å².